The van der Waals surface area contributed by atoms with Gasteiger partial charge in [-0.3, -0.25) is 4.57 Å². The summed E-state index contributed by atoms with van der Waals surface area (Å²) in [4.78, 5) is 8.95. The van der Waals surface area contributed by atoms with Gasteiger partial charge in [-0.15, -0.1) is 11.3 Å². The molecule has 0 bridgehead atoms. The molecule has 2 aromatic heterocycles. The van der Waals surface area contributed by atoms with Crippen LogP contribution in [0.4, 0.5) is 0 Å². The SMILES string of the molecule is COc1ccc(-c2cccc3c2ncn3-c2nccs2)cc1. The van der Waals surface area contributed by atoms with Gasteiger partial charge in [0.25, 0.3) is 0 Å². The van der Waals surface area contributed by atoms with Crippen molar-refractivity contribution in [2.45, 2.75) is 0 Å². The van der Waals surface area contributed by atoms with Gasteiger partial charge in [0.2, 0.25) is 0 Å². The fraction of sp³-hybridized carbons (Fsp3) is 0.0588. The number of fused-ring (bicyclic) bond motifs is 1. The minimum Gasteiger partial charge on any atom is -0.497 e. The molecule has 0 spiro atoms. The van der Waals surface area contributed by atoms with Crippen molar-refractivity contribution in [1.82, 2.24) is 14.5 Å². The summed E-state index contributed by atoms with van der Waals surface area (Å²) in [6.45, 7) is 0. The molecule has 0 saturated heterocycles. The fourth-order valence-corrected chi connectivity index (χ4v) is 3.15. The van der Waals surface area contributed by atoms with E-state index in [1.165, 1.54) is 0 Å². The molecule has 0 amide bonds. The van der Waals surface area contributed by atoms with Crippen molar-refractivity contribution in [3.63, 3.8) is 0 Å². The van der Waals surface area contributed by atoms with Gasteiger partial charge in [0.05, 0.1) is 18.1 Å². The van der Waals surface area contributed by atoms with Gasteiger partial charge in [-0.25, -0.2) is 9.97 Å². The molecular weight excluding hydrogens is 294 g/mol. The zero-order chi connectivity index (χ0) is 14.9. The van der Waals surface area contributed by atoms with E-state index in [1.807, 2.05) is 34.5 Å². The van der Waals surface area contributed by atoms with E-state index in [1.54, 1.807) is 24.6 Å². The highest BCUT2D eigenvalue weighted by molar-refractivity contribution is 7.12. The number of nitrogens with zero attached hydrogens (tertiary/aromatic N) is 3. The first-order valence-corrected chi connectivity index (χ1v) is 7.75. The molecule has 0 atom stereocenters. The molecular formula is C17H13N3OS. The van der Waals surface area contributed by atoms with E-state index in [-0.39, 0.29) is 0 Å². The summed E-state index contributed by atoms with van der Waals surface area (Å²) < 4.78 is 7.24. The van der Waals surface area contributed by atoms with Crippen molar-refractivity contribution < 1.29 is 4.74 Å². The van der Waals surface area contributed by atoms with E-state index in [9.17, 15) is 0 Å². The first-order valence-electron chi connectivity index (χ1n) is 6.87. The molecule has 0 aliphatic carbocycles. The highest BCUT2D eigenvalue weighted by Crippen LogP contribution is 2.30. The lowest BCUT2D eigenvalue weighted by atomic mass is 10.0. The Morgan fingerprint density at radius 1 is 1.05 bits per heavy atom. The van der Waals surface area contributed by atoms with E-state index < -0.39 is 0 Å². The Labute approximate surface area is 131 Å². The third-order valence-corrected chi connectivity index (χ3v) is 4.37. The average Bonchev–Trinajstić information content (AvgIpc) is 3.23. The number of rotatable bonds is 3. The van der Waals surface area contributed by atoms with Crippen LogP contribution in [0.1, 0.15) is 0 Å². The molecule has 5 heteroatoms. The maximum atomic E-state index is 5.22. The number of benzene rings is 2. The van der Waals surface area contributed by atoms with Gasteiger partial charge in [-0.1, -0.05) is 24.3 Å². The van der Waals surface area contributed by atoms with Gasteiger partial charge in [0.15, 0.2) is 5.13 Å². The van der Waals surface area contributed by atoms with Crippen LogP contribution in [0.2, 0.25) is 0 Å². The van der Waals surface area contributed by atoms with E-state index in [0.717, 1.165) is 33.0 Å². The standard InChI is InChI=1S/C17H13N3OS/c1-21-13-7-5-12(6-8-13)14-3-2-4-15-16(14)19-11-20(15)17-18-9-10-22-17/h2-11H,1H3. The van der Waals surface area contributed by atoms with Gasteiger partial charge in [-0.05, 0) is 23.8 Å². The lowest BCUT2D eigenvalue weighted by Crippen LogP contribution is -1.90. The fourth-order valence-electron chi connectivity index (χ4n) is 2.53. The quantitative estimate of drug-likeness (QED) is 0.570. The van der Waals surface area contributed by atoms with Gasteiger partial charge < -0.3 is 4.74 Å². The summed E-state index contributed by atoms with van der Waals surface area (Å²) in [6, 6.07) is 14.2. The smallest absolute Gasteiger partial charge is 0.195 e. The molecule has 0 saturated carbocycles. The minimum atomic E-state index is 0.851. The number of aromatic nitrogens is 3. The molecule has 0 radical (unpaired) electrons. The van der Waals surface area contributed by atoms with Crippen LogP contribution in [0.5, 0.6) is 5.75 Å². The number of hydrogen-bond acceptors (Lipinski definition) is 4. The van der Waals surface area contributed by atoms with Crippen molar-refractivity contribution in [2.24, 2.45) is 0 Å². The van der Waals surface area contributed by atoms with Crippen molar-refractivity contribution in [1.29, 1.82) is 0 Å². The minimum absolute atomic E-state index is 0.851. The molecule has 4 nitrogen and oxygen atoms in total. The van der Waals surface area contributed by atoms with Gasteiger partial charge in [0, 0.05) is 17.1 Å². The van der Waals surface area contributed by atoms with Crippen molar-refractivity contribution in [3.8, 4) is 22.0 Å². The summed E-state index contributed by atoms with van der Waals surface area (Å²) in [5.41, 5.74) is 4.26. The third-order valence-electron chi connectivity index (χ3n) is 3.60. The van der Waals surface area contributed by atoms with Gasteiger partial charge in [0.1, 0.15) is 12.1 Å². The first-order chi connectivity index (χ1) is 10.9. The van der Waals surface area contributed by atoms with Crippen LogP contribution in [-0.4, -0.2) is 21.6 Å². The Hall–Kier alpha value is -2.66. The van der Waals surface area contributed by atoms with Gasteiger partial charge >= 0.3 is 0 Å². The summed E-state index contributed by atoms with van der Waals surface area (Å²) in [7, 11) is 1.67. The summed E-state index contributed by atoms with van der Waals surface area (Å²) in [6.07, 6.45) is 3.63. The van der Waals surface area contributed by atoms with Crippen LogP contribution in [0.3, 0.4) is 0 Å². The second-order valence-corrected chi connectivity index (χ2v) is 5.70. The van der Waals surface area contributed by atoms with Crippen molar-refractivity contribution in [2.75, 3.05) is 7.11 Å². The van der Waals surface area contributed by atoms with Crippen molar-refractivity contribution in [3.05, 3.63) is 60.4 Å². The van der Waals surface area contributed by atoms with Gasteiger partial charge in [-0.2, -0.15) is 0 Å². The Bertz CT molecular complexity index is 911. The largest absolute Gasteiger partial charge is 0.497 e. The average molecular weight is 307 g/mol. The molecule has 2 heterocycles. The second kappa shape index (κ2) is 5.27. The predicted octanol–water partition coefficient (Wildman–Crippen LogP) is 4.16. The zero-order valence-corrected chi connectivity index (χ0v) is 12.7. The lowest BCUT2D eigenvalue weighted by molar-refractivity contribution is 0.415. The number of ether oxygens (including phenoxy) is 1. The van der Waals surface area contributed by atoms with Crippen LogP contribution >= 0.6 is 11.3 Å². The van der Waals surface area contributed by atoms with E-state index in [4.69, 9.17) is 4.74 Å². The molecule has 0 N–H and O–H groups in total. The first kappa shape index (κ1) is 13.0. The molecule has 108 valence electrons. The molecule has 4 aromatic rings. The maximum Gasteiger partial charge on any atom is 0.195 e. The molecule has 0 unspecified atom stereocenters. The second-order valence-electron chi connectivity index (χ2n) is 4.83. The highest BCUT2D eigenvalue weighted by atomic mass is 32.1. The Kier molecular flexibility index (Phi) is 3.12. The van der Waals surface area contributed by atoms with E-state index in [2.05, 4.69) is 34.2 Å². The van der Waals surface area contributed by atoms with E-state index in [0.29, 0.717) is 0 Å². The monoisotopic (exact) mass is 307 g/mol. The zero-order valence-electron chi connectivity index (χ0n) is 11.9. The third kappa shape index (κ3) is 2.07. The van der Waals surface area contributed by atoms with Crippen LogP contribution in [0.25, 0.3) is 27.3 Å². The van der Waals surface area contributed by atoms with Crippen LogP contribution in [0.15, 0.2) is 60.4 Å². The maximum absolute atomic E-state index is 5.22. The number of thiazole rings is 1. The summed E-state index contributed by atoms with van der Waals surface area (Å²) in [5, 5.41) is 2.89. The number of imidazole rings is 1. The molecule has 0 aliphatic heterocycles. The number of methoxy groups -OCH3 is 1. The predicted molar refractivity (Wildman–Crippen MR) is 88.7 cm³/mol. The highest BCUT2D eigenvalue weighted by Gasteiger charge is 2.11. The van der Waals surface area contributed by atoms with Crippen LogP contribution < -0.4 is 4.74 Å². The van der Waals surface area contributed by atoms with Crippen molar-refractivity contribution >= 4 is 22.4 Å². The molecule has 2 aromatic carbocycles. The Balaban J connectivity index is 1.88. The van der Waals surface area contributed by atoms with Crippen LogP contribution in [-0.2, 0) is 0 Å². The number of para-hydroxylation sites is 1. The topological polar surface area (TPSA) is 39.9 Å². The lowest BCUT2D eigenvalue weighted by Gasteiger charge is -2.05. The number of hydrogen-bond donors (Lipinski definition) is 0. The summed E-state index contributed by atoms with van der Waals surface area (Å²) in [5.74, 6) is 0.851. The Morgan fingerprint density at radius 3 is 2.64 bits per heavy atom. The normalized spacial score (nSPS) is 11.0. The van der Waals surface area contributed by atoms with Crippen LogP contribution in [0, 0.1) is 0 Å². The molecule has 22 heavy (non-hydrogen) atoms. The Morgan fingerprint density at radius 2 is 1.91 bits per heavy atom. The van der Waals surface area contributed by atoms with E-state index >= 15 is 0 Å². The molecule has 0 fully saturated rings. The molecule has 0 aliphatic rings. The molecule has 4 rings (SSSR count). The summed E-state index contributed by atoms with van der Waals surface area (Å²) >= 11 is 1.60.